The molecule has 0 heterocycles. The van der Waals surface area contributed by atoms with Crippen LogP contribution in [0.25, 0.3) is 0 Å². The van der Waals surface area contributed by atoms with E-state index in [1.807, 2.05) is 24.3 Å². The molecule has 0 spiro atoms. The third-order valence-corrected chi connectivity index (χ3v) is 3.20. The van der Waals surface area contributed by atoms with Gasteiger partial charge in [-0.1, -0.05) is 44.2 Å². The van der Waals surface area contributed by atoms with E-state index >= 15 is 0 Å². The van der Waals surface area contributed by atoms with Gasteiger partial charge in [-0.2, -0.15) is 5.26 Å². The van der Waals surface area contributed by atoms with Gasteiger partial charge in [0.15, 0.2) is 0 Å². The lowest BCUT2D eigenvalue weighted by Gasteiger charge is -2.14. The van der Waals surface area contributed by atoms with E-state index in [0.29, 0.717) is 11.6 Å². The highest BCUT2D eigenvalue weighted by Crippen LogP contribution is 2.22. The highest BCUT2D eigenvalue weighted by Gasteiger charge is 2.11. The Morgan fingerprint density at radius 1 is 1.05 bits per heavy atom. The summed E-state index contributed by atoms with van der Waals surface area (Å²) in [5, 5.41) is 12.3. The molecule has 0 saturated heterocycles. The Bertz CT molecular complexity index is 612. The molecule has 0 fully saturated rings. The average molecular weight is 268 g/mol. The summed E-state index contributed by atoms with van der Waals surface area (Å²) in [5.74, 6) is 0.141. The third-order valence-electron chi connectivity index (χ3n) is 3.20. The van der Waals surface area contributed by atoms with E-state index in [0.717, 1.165) is 5.56 Å². The first-order valence-electron chi connectivity index (χ1n) is 6.61. The Morgan fingerprint density at radius 2 is 1.70 bits per heavy atom. The quantitative estimate of drug-likeness (QED) is 0.877. The van der Waals surface area contributed by atoms with Gasteiger partial charge in [0.2, 0.25) is 0 Å². The summed E-state index contributed by atoms with van der Waals surface area (Å²) >= 11 is 0. The standard InChI is InChI=1S/C17H17FN2/c1-12(2)13-6-8-14(9-7-13)17(11-19)20-16-5-3-4-15(18)10-16/h3-10,12,17,20H,1-2H3. The number of nitrogens with zero attached hydrogens (tertiary/aromatic N) is 1. The van der Waals surface area contributed by atoms with Gasteiger partial charge in [0, 0.05) is 5.69 Å². The van der Waals surface area contributed by atoms with Gasteiger partial charge in [0.25, 0.3) is 0 Å². The van der Waals surface area contributed by atoms with E-state index in [1.165, 1.54) is 17.7 Å². The molecule has 2 nitrogen and oxygen atoms in total. The lowest BCUT2D eigenvalue weighted by molar-refractivity contribution is 0.628. The van der Waals surface area contributed by atoms with Gasteiger partial charge in [0.1, 0.15) is 11.9 Å². The van der Waals surface area contributed by atoms with Crippen molar-refractivity contribution in [1.82, 2.24) is 0 Å². The maximum atomic E-state index is 13.1. The van der Waals surface area contributed by atoms with Gasteiger partial charge in [0.05, 0.1) is 6.07 Å². The fraction of sp³-hybridized carbons (Fsp3) is 0.235. The molecule has 0 aliphatic rings. The Balaban J connectivity index is 2.18. The van der Waals surface area contributed by atoms with Crippen LogP contribution in [0.3, 0.4) is 0 Å². The summed E-state index contributed by atoms with van der Waals surface area (Å²) < 4.78 is 13.1. The summed E-state index contributed by atoms with van der Waals surface area (Å²) in [6.07, 6.45) is 0. The number of benzene rings is 2. The zero-order chi connectivity index (χ0) is 14.5. The molecule has 0 bridgehead atoms. The minimum atomic E-state index is -0.488. The van der Waals surface area contributed by atoms with Crippen LogP contribution in [0.15, 0.2) is 48.5 Å². The largest absolute Gasteiger partial charge is 0.366 e. The molecule has 102 valence electrons. The minimum absolute atomic E-state index is 0.318. The normalized spacial score (nSPS) is 11.9. The van der Waals surface area contributed by atoms with Crippen molar-refractivity contribution in [3.05, 3.63) is 65.5 Å². The minimum Gasteiger partial charge on any atom is -0.366 e. The first-order chi connectivity index (χ1) is 9.60. The summed E-state index contributed by atoms with van der Waals surface area (Å²) in [6, 6.07) is 15.8. The molecule has 3 heteroatoms. The van der Waals surface area contributed by atoms with Crippen molar-refractivity contribution in [2.24, 2.45) is 0 Å². The van der Waals surface area contributed by atoms with Crippen LogP contribution in [0.2, 0.25) is 0 Å². The number of halogens is 1. The fourth-order valence-electron chi connectivity index (χ4n) is 2.01. The van der Waals surface area contributed by atoms with Crippen LogP contribution in [0, 0.1) is 17.1 Å². The lowest BCUT2D eigenvalue weighted by Crippen LogP contribution is -2.08. The molecule has 2 aromatic rings. The van der Waals surface area contributed by atoms with E-state index in [1.54, 1.807) is 12.1 Å². The molecule has 2 rings (SSSR count). The Kier molecular flexibility index (Phi) is 4.37. The molecule has 0 amide bonds. The van der Waals surface area contributed by atoms with Crippen molar-refractivity contribution in [1.29, 1.82) is 5.26 Å². The summed E-state index contributed by atoms with van der Waals surface area (Å²) in [6.45, 7) is 4.25. The molecule has 0 aliphatic heterocycles. The van der Waals surface area contributed by atoms with Gasteiger partial charge >= 0.3 is 0 Å². The molecule has 20 heavy (non-hydrogen) atoms. The summed E-state index contributed by atoms with van der Waals surface area (Å²) in [7, 11) is 0. The highest BCUT2D eigenvalue weighted by atomic mass is 19.1. The molecule has 1 unspecified atom stereocenters. The number of hydrogen-bond donors (Lipinski definition) is 1. The number of nitrogens with one attached hydrogen (secondary N) is 1. The van der Waals surface area contributed by atoms with Crippen molar-refractivity contribution in [3.63, 3.8) is 0 Å². The van der Waals surface area contributed by atoms with Crippen molar-refractivity contribution in [3.8, 4) is 6.07 Å². The van der Waals surface area contributed by atoms with Crippen LogP contribution in [0.5, 0.6) is 0 Å². The second-order valence-corrected chi connectivity index (χ2v) is 5.04. The van der Waals surface area contributed by atoms with E-state index < -0.39 is 6.04 Å². The second-order valence-electron chi connectivity index (χ2n) is 5.04. The van der Waals surface area contributed by atoms with Gasteiger partial charge in [-0.05, 0) is 35.2 Å². The van der Waals surface area contributed by atoms with Crippen molar-refractivity contribution >= 4 is 5.69 Å². The molecular formula is C17H17FN2. The van der Waals surface area contributed by atoms with Gasteiger partial charge in [-0.25, -0.2) is 4.39 Å². The summed E-state index contributed by atoms with van der Waals surface area (Å²) in [4.78, 5) is 0. The molecule has 0 saturated carbocycles. The number of rotatable bonds is 4. The number of nitriles is 1. The maximum absolute atomic E-state index is 13.1. The van der Waals surface area contributed by atoms with Crippen molar-refractivity contribution in [2.75, 3.05) is 5.32 Å². The average Bonchev–Trinajstić information content (AvgIpc) is 2.45. The number of hydrogen-bond acceptors (Lipinski definition) is 2. The Morgan fingerprint density at radius 3 is 2.25 bits per heavy atom. The van der Waals surface area contributed by atoms with E-state index in [2.05, 4.69) is 25.2 Å². The predicted octanol–water partition coefficient (Wildman–Crippen LogP) is 4.63. The van der Waals surface area contributed by atoms with E-state index in [4.69, 9.17) is 0 Å². The number of anilines is 1. The van der Waals surface area contributed by atoms with Crippen LogP contribution in [0.1, 0.15) is 36.9 Å². The first-order valence-corrected chi connectivity index (χ1v) is 6.61. The van der Waals surface area contributed by atoms with Gasteiger partial charge in [-0.15, -0.1) is 0 Å². The molecular weight excluding hydrogens is 251 g/mol. The van der Waals surface area contributed by atoms with Crippen LogP contribution in [0.4, 0.5) is 10.1 Å². The smallest absolute Gasteiger partial charge is 0.140 e. The third kappa shape index (κ3) is 3.36. The maximum Gasteiger partial charge on any atom is 0.140 e. The van der Waals surface area contributed by atoms with Crippen LogP contribution < -0.4 is 5.32 Å². The molecule has 1 N–H and O–H groups in total. The van der Waals surface area contributed by atoms with E-state index in [-0.39, 0.29) is 5.82 Å². The highest BCUT2D eigenvalue weighted by molar-refractivity contribution is 5.47. The SMILES string of the molecule is CC(C)c1ccc(C(C#N)Nc2cccc(F)c2)cc1. The van der Waals surface area contributed by atoms with Gasteiger partial charge in [-0.3, -0.25) is 0 Å². The van der Waals surface area contributed by atoms with Crippen LogP contribution in [-0.2, 0) is 0 Å². The molecule has 1 atom stereocenters. The molecule has 2 aromatic carbocycles. The molecule has 0 radical (unpaired) electrons. The zero-order valence-electron chi connectivity index (χ0n) is 11.6. The van der Waals surface area contributed by atoms with Crippen LogP contribution >= 0.6 is 0 Å². The Labute approximate surface area is 118 Å². The molecule has 0 aliphatic carbocycles. The van der Waals surface area contributed by atoms with Crippen molar-refractivity contribution in [2.45, 2.75) is 25.8 Å². The fourth-order valence-corrected chi connectivity index (χ4v) is 2.01. The Hall–Kier alpha value is -2.34. The van der Waals surface area contributed by atoms with Crippen molar-refractivity contribution < 1.29 is 4.39 Å². The molecule has 0 aromatic heterocycles. The predicted molar refractivity (Wildman–Crippen MR) is 78.9 cm³/mol. The van der Waals surface area contributed by atoms with Gasteiger partial charge < -0.3 is 5.32 Å². The summed E-state index contributed by atoms with van der Waals surface area (Å²) in [5.41, 5.74) is 2.71. The van der Waals surface area contributed by atoms with E-state index in [9.17, 15) is 9.65 Å². The first kappa shape index (κ1) is 14.1. The van der Waals surface area contributed by atoms with Crippen LogP contribution in [-0.4, -0.2) is 0 Å². The zero-order valence-corrected chi connectivity index (χ0v) is 11.6. The lowest BCUT2D eigenvalue weighted by atomic mass is 9.99. The second kappa shape index (κ2) is 6.21. The monoisotopic (exact) mass is 268 g/mol. The topological polar surface area (TPSA) is 35.8 Å².